The molecule has 23 heavy (non-hydrogen) atoms. The quantitative estimate of drug-likeness (QED) is 0.716. The van der Waals surface area contributed by atoms with Gasteiger partial charge in [0.05, 0.1) is 12.1 Å². The molecule has 132 valence electrons. The van der Waals surface area contributed by atoms with Gasteiger partial charge in [0.1, 0.15) is 0 Å². The molecule has 0 bridgehead atoms. The van der Waals surface area contributed by atoms with Crippen LogP contribution in [0.5, 0.6) is 0 Å². The standard InChI is InChI=1S/C16H25N3O2.2ClH/c1-3-19(15-7-5-4-6-12(15)2)9-8-17-16(21)14-10-13(20)11-18-14;;/h4-7,13-14,18,20H,3,8-11H2,1-2H3,(H,17,21);2*1H. The summed E-state index contributed by atoms with van der Waals surface area (Å²) in [6.07, 6.45) is 0.0982. The second-order valence-corrected chi connectivity index (χ2v) is 5.51. The lowest BCUT2D eigenvalue weighted by molar-refractivity contribution is -0.122. The van der Waals surface area contributed by atoms with Gasteiger partial charge in [-0.25, -0.2) is 0 Å². The Balaban J connectivity index is 0.00000242. The number of amides is 1. The first-order valence-corrected chi connectivity index (χ1v) is 7.61. The van der Waals surface area contributed by atoms with Gasteiger partial charge in [0.15, 0.2) is 0 Å². The number of carbonyl (C=O) groups excluding carboxylic acids is 1. The number of nitrogens with one attached hydrogen (secondary N) is 2. The number of aliphatic hydroxyl groups is 1. The van der Waals surface area contributed by atoms with Gasteiger partial charge in [-0.2, -0.15) is 0 Å². The van der Waals surface area contributed by atoms with Gasteiger partial charge < -0.3 is 20.6 Å². The fraction of sp³-hybridized carbons (Fsp3) is 0.562. The SMILES string of the molecule is CCN(CCNC(=O)C1CC(O)CN1)c1ccccc1C.Cl.Cl. The normalized spacial score (nSPS) is 19.4. The van der Waals surface area contributed by atoms with Crippen molar-refractivity contribution in [2.75, 3.05) is 31.1 Å². The minimum Gasteiger partial charge on any atom is -0.392 e. The van der Waals surface area contributed by atoms with E-state index >= 15 is 0 Å². The number of hydrogen-bond acceptors (Lipinski definition) is 4. The molecule has 1 aromatic carbocycles. The van der Waals surface area contributed by atoms with E-state index in [-0.39, 0.29) is 36.8 Å². The van der Waals surface area contributed by atoms with Crippen molar-refractivity contribution in [2.24, 2.45) is 0 Å². The third-order valence-electron chi connectivity index (χ3n) is 3.94. The fourth-order valence-electron chi connectivity index (χ4n) is 2.72. The minimum atomic E-state index is -0.403. The molecule has 0 aromatic heterocycles. The summed E-state index contributed by atoms with van der Waals surface area (Å²) in [4.78, 5) is 14.2. The van der Waals surface area contributed by atoms with Crippen LogP contribution in [0.15, 0.2) is 24.3 Å². The molecule has 1 fully saturated rings. The van der Waals surface area contributed by atoms with Crippen LogP contribution in [-0.4, -0.2) is 49.3 Å². The highest BCUT2D eigenvalue weighted by atomic mass is 35.5. The van der Waals surface area contributed by atoms with E-state index in [1.165, 1.54) is 11.3 Å². The number of para-hydroxylation sites is 1. The van der Waals surface area contributed by atoms with Gasteiger partial charge in [0.2, 0.25) is 5.91 Å². The number of halogens is 2. The highest BCUT2D eigenvalue weighted by Gasteiger charge is 2.27. The molecule has 1 amide bonds. The summed E-state index contributed by atoms with van der Waals surface area (Å²) < 4.78 is 0. The van der Waals surface area contributed by atoms with E-state index in [9.17, 15) is 9.90 Å². The topological polar surface area (TPSA) is 64.6 Å². The number of rotatable bonds is 6. The van der Waals surface area contributed by atoms with E-state index in [4.69, 9.17) is 0 Å². The predicted molar refractivity (Wildman–Crippen MR) is 99.0 cm³/mol. The van der Waals surface area contributed by atoms with Crippen molar-refractivity contribution in [1.29, 1.82) is 0 Å². The second kappa shape index (κ2) is 10.7. The van der Waals surface area contributed by atoms with Crippen molar-refractivity contribution in [3.63, 3.8) is 0 Å². The number of likely N-dealkylation sites (N-methyl/N-ethyl adjacent to an activating group) is 1. The predicted octanol–water partition coefficient (Wildman–Crippen LogP) is 1.50. The van der Waals surface area contributed by atoms with Crippen LogP contribution in [-0.2, 0) is 4.79 Å². The Kier molecular flexibility index (Phi) is 10.2. The molecule has 5 nitrogen and oxygen atoms in total. The Bertz CT molecular complexity index is 488. The van der Waals surface area contributed by atoms with Gasteiger partial charge in [-0.1, -0.05) is 18.2 Å². The molecule has 0 aliphatic carbocycles. The molecule has 0 spiro atoms. The first-order chi connectivity index (χ1) is 10.1. The molecule has 7 heteroatoms. The van der Waals surface area contributed by atoms with Crippen molar-refractivity contribution >= 4 is 36.4 Å². The van der Waals surface area contributed by atoms with Gasteiger partial charge in [0, 0.05) is 31.9 Å². The smallest absolute Gasteiger partial charge is 0.237 e. The van der Waals surface area contributed by atoms with Crippen LogP contribution in [0.3, 0.4) is 0 Å². The average Bonchev–Trinajstić information content (AvgIpc) is 2.91. The van der Waals surface area contributed by atoms with Crippen LogP contribution in [0.4, 0.5) is 5.69 Å². The van der Waals surface area contributed by atoms with Crippen LogP contribution in [0, 0.1) is 6.92 Å². The summed E-state index contributed by atoms with van der Waals surface area (Å²) in [7, 11) is 0. The van der Waals surface area contributed by atoms with E-state index in [1.807, 2.05) is 12.1 Å². The number of benzene rings is 1. The summed E-state index contributed by atoms with van der Waals surface area (Å²) in [5.74, 6) is -0.0209. The summed E-state index contributed by atoms with van der Waals surface area (Å²) >= 11 is 0. The van der Waals surface area contributed by atoms with E-state index in [0.717, 1.165) is 13.1 Å². The van der Waals surface area contributed by atoms with E-state index in [1.54, 1.807) is 0 Å². The molecule has 1 aliphatic heterocycles. The highest BCUT2D eigenvalue weighted by Crippen LogP contribution is 2.18. The van der Waals surface area contributed by atoms with Crippen LogP contribution in [0.1, 0.15) is 18.9 Å². The molecule has 1 heterocycles. The van der Waals surface area contributed by atoms with Crippen molar-refractivity contribution in [1.82, 2.24) is 10.6 Å². The maximum Gasteiger partial charge on any atom is 0.237 e. The lowest BCUT2D eigenvalue weighted by Crippen LogP contribution is -2.43. The number of hydrogen-bond donors (Lipinski definition) is 3. The Morgan fingerprint density at radius 3 is 2.65 bits per heavy atom. The molecule has 1 aromatic rings. The lowest BCUT2D eigenvalue weighted by Gasteiger charge is -2.25. The molecule has 2 rings (SSSR count). The van der Waals surface area contributed by atoms with Gasteiger partial charge in [-0.3, -0.25) is 4.79 Å². The molecule has 0 radical (unpaired) electrons. The molecular weight excluding hydrogens is 337 g/mol. The molecule has 0 saturated carbocycles. The molecule has 1 aliphatic rings. The number of aliphatic hydroxyl groups excluding tert-OH is 1. The van der Waals surface area contributed by atoms with Gasteiger partial charge in [-0.05, 0) is 31.9 Å². The maximum atomic E-state index is 12.0. The molecule has 2 atom stereocenters. The third-order valence-corrected chi connectivity index (χ3v) is 3.94. The van der Waals surface area contributed by atoms with Crippen molar-refractivity contribution < 1.29 is 9.90 Å². The zero-order chi connectivity index (χ0) is 15.2. The van der Waals surface area contributed by atoms with Gasteiger partial charge in [0.25, 0.3) is 0 Å². The highest BCUT2D eigenvalue weighted by molar-refractivity contribution is 5.85. The largest absolute Gasteiger partial charge is 0.392 e. The number of nitrogens with zero attached hydrogens (tertiary/aromatic N) is 1. The minimum absolute atomic E-state index is 0. The Morgan fingerprint density at radius 1 is 1.39 bits per heavy atom. The van der Waals surface area contributed by atoms with Crippen LogP contribution in [0.2, 0.25) is 0 Å². The molecule has 3 N–H and O–H groups in total. The monoisotopic (exact) mass is 363 g/mol. The number of aryl methyl sites for hydroxylation is 1. The number of carbonyl (C=O) groups is 1. The fourth-order valence-corrected chi connectivity index (χ4v) is 2.72. The molecular formula is C16H27Cl2N3O2. The van der Waals surface area contributed by atoms with Crippen LogP contribution >= 0.6 is 24.8 Å². The van der Waals surface area contributed by atoms with Crippen molar-refractivity contribution in [3.8, 4) is 0 Å². The Hall–Kier alpha value is -1.01. The van der Waals surface area contributed by atoms with Crippen molar-refractivity contribution in [2.45, 2.75) is 32.4 Å². The summed E-state index contributed by atoms with van der Waals surface area (Å²) in [5.41, 5.74) is 2.45. The zero-order valence-corrected chi connectivity index (χ0v) is 15.3. The lowest BCUT2D eigenvalue weighted by atomic mass is 10.2. The maximum absolute atomic E-state index is 12.0. The molecule has 1 saturated heterocycles. The summed E-state index contributed by atoms with van der Waals surface area (Å²) in [6.45, 7) is 7.00. The first-order valence-electron chi connectivity index (χ1n) is 7.61. The number of anilines is 1. The molecule has 2 unspecified atom stereocenters. The zero-order valence-electron chi connectivity index (χ0n) is 13.6. The van der Waals surface area contributed by atoms with Crippen LogP contribution < -0.4 is 15.5 Å². The van der Waals surface area contributed by atoms with Gasteiger partial charge >= 0.3 is 0 Å². The second-order valence-electron chi connectivity index (χ2n) is 5.51. The van der Waals surface area contributed by atoms with Gasteiger partial charge in [-0.15, -0.1) is 24.8 Å². The van der Waals surface area contributed by atoms with E-state index in [0.29, 0.717) is 19.5 Å². The van der Waals surface area contributed by atoms with E-state index < -0.39 is 6.10 Å². The summed E-state index contributed by atoms with van der Waals surface area (Å²) in [5, 5.41) is 15.4. The number of β-amino-alcohol motifs (C(OH)–C–C–N with tert-alkyl or cyclic N) is 1. The van der Waals surface area contributed by atoms with E-state index in [2.05, 4.69) is 41.5 Å². The first kappa shape index (κ1) is 22.0. The Labute approximate surface area is 150 Å². The van der Waals surface area contributed by atoms with Crippen LogP contribution in [0.25, 0.3) is 0 Å². The Morgan fingerprint density at radius 2 is 2.09 bits per heavy atom. The van der Waals surface area contributed by atoms with Crippen molar-refractivity contribution in [3.05, 3.63) is 29.8 Å². The third kappa shape index (κ3) is 6.18. The summed E-state index contributed by atoms with van der Waals surface area (Å²) in [6, 6.07) is 8.02. The average molecular weight is 364 g/mol.